The molecule has 7 heteroatoms. The van der Waals surface area contributed by atoms with Crippen LogP contribution in [-0.2, 0) is 10.0 Å². The molecule has 0 amide bonds. The Morgan fingerprint density at radius 1 is 1.50 bits per heavy atom. The Kier molecular flexibility index (Phi) is 4.57. The molecule has 1 rings (SSSR count). The van der Waals surface area contributed by atoms with Crippen LogP contribution in [0.15, 0.2) is 18.5 Å². The van der Waals surface area contributed by atoms with Crippen molar-refractivity contribution in [3.63, 3.8) is 0 Å². The summed E-state index contributed by atoms with van der Waals surface area (Å²) in [4.78, 5) is 0.294. The minimum absolute atomic E-state index is 0.294. The number of halogens is 2. The summed E-state index contributed by atoms with van der Waals surface area (Å²) in [5.41, 5.74) is 0. The summed E-state index contributed by atoms with van der Waals surface area (Å²) >= 11 is 7.80. The Bertz CT molecular complexity index is 413. The zero-order valence-electron chi connectivity index (χ0n) is 7.38. The molecule has 0 bridgehead atoms. The van der Waals surface area contributed by atoms with Crippen LogP contribution in [0.4, 0.5) is 0 Å². The Hall–Kier alpha value is 0.570. The van der Waals surface area contributed by atoms with Crippen molar-refractivity contribution in [1.29, 1.82) is 0 Å². The predicted molar refractivity (Wildman–Crippen MR) is 65.2 cm³/mol. The van der Waals surface area contributed by atoms with E-state index in [9.17, 15) is 8.42 Å². The van der Waals surface area contributed by atoms with Crippen LogP contribution >= 0.6 is 43.2 Å². The summed E-state index contributed by atoms with van der Waals surface area (Å²) in [6.07, 6.45) is 0.780. The lowest BCUT2D eigenvalue weighted by atomic mass is 10.5. The molecule has 1 N–H and O–H groups in total. The first kappa shape index (κ1) is 12.6. The van der Waals surface area contributed by atoms with E-state index in [1.165, 1.54) is 11.3 Å². The molecule has 0 aliphatic rings. The van der Waals surface area contributed by atoms with E-state index in [0.29, 0.717) is 15.2 Å². The normalized spacial score (nSPS) is 11.9. The molecule has 1 aromatic heterocycles. The predicted octanol–water partition coefficient (Wildman–Crippen LogP) is 2.96. The van der Waals surface area contributed by atoms with E-state index in [4.69, 9.17) is 0 Å². The van der Waals surface area contributed by atoms with E-state index in [1.807, 2.05) is 6.92 Å². The second kappa shape index (κ2) is 5.07. The van der Waals surface area contributed by atoms with Gasteiger partial charge in [0, 0.05) is 6.54 Å². The molecule has 3 nitrogen and oxygen atoms in total. The van der Waals surface area contributed by atoms with Gasteiger partial charge in [-0.2, -0.15) is 0 Å². The van der Waals surface area contributed by atoms with Gasteiger partial charge >= 0.3 is 0 Å². The number of nitrogens with one attached hydrogen (secondary N) is 1. The maximum atomic E-state index is 11.7. The summed E-state index contributed by atoms with van der Waals surface area (Å²) in [5.74, 6) is 0. The summed E-state index contributed by atoms with van der Waals surface area (Å²) in [6, 6.07) is 1.59. The molecule has 0 radical (unpaired) electrons. The Balaban J connectivity index is 2.98. The Labute approximate surface area is 104 Å². The highest BCUT2D eigenvalue weighted by atomic mass is 79.9. The van der Waals surface area contributed by atoms with Gasteiger partial charge in [0.1, 0.15) is 4.90 Å². The van der Waals surface area contributed by atoms with Crippen LogP contribution < -0.4 is 4.72 Å². The fourth-order valence-electron chi connectivity index (χ4n) is 0.823. The molecule has 0 aliphatic heterocycles. The summed E-state index contributed by atoms with van der Waals surface area (Å²) < 4.78 is 27.3. The average Bonchev–Trinajstić information content (AvgIpc) is 2.42. The van der Waals surface area contributed by atoms with Gasteiger partial charge in [0.15, 0.2) is 0 Å². The van der Waals surface area contributed by atoms with Crippen molar-refractivity contribution < 1.29 is 8.42 Å². The van der Waals surface area contributed by atoms with Crippen LogP contribution in [0.25, 0.3) is 0 Å². The quantitative estimate of drug-likeness (QED) is 0.894. The first-order chi connectivity index (χ1) is 6.47. The zero-order valence-corrected chi connectivity index (χ0v) is 12.2. The van der Waals surface area contributed by atoms with Crippen molar-refractivity contribution >= 4 is 53.2 Å². The van der Waals surface area contributed by atoms with Gasteiger partial charge in [-0.1, -0.05) is 6.92 Å². The van der Waals surface area contributed by atoms with Crippen molar-refractivity contribution in [3.8, 4) is 0 Å². The van der Waals surface area contributed by atoms with Crippen LogP contribution in [0, 0.1) is 0 Å². The molecular weight excluding hydrogens is 354 g/mol. The van der Waals surface area contributed by atoms with E-state index in [-0.39, 0.29) is 0 Å². The Morgan fingerprint density at radius 2 is 2.14 bits per heavy atom. The van der Waals surface area contributed by atoms with Gasteiger partial charge in [-0.05, 0) is 44.3 Å². The molecule has 1 aromatic rings. The van der Waals surface area contributed by atoms with Crippen molar-refractivity contribution in [1.82, 2.24) is 4.72 Å². The second-order valence-corrected chi connectivity index (χ2v) is 8.07. The Morgan fingerprint density at radius 3 is 2.57 bits per heavy atom. The minimum atomic E-state index is -3.35. The lowest BCUT2D eigenvalue weighted by molar-refractivity contribution is 0.581. The number of hydrogen-bond donors (Lipinski definition) is 1. The van der Waals surface area contributed by atoms with E-state index in [0.717, 1.165) is 10.2 Å². The number of sulfonamides is 1. The first-order valence-corrected chi connectivity index (χ1v) is 7.80. The molecule has 0 saturated heterocycles. The lowest BCUT2D eigenvalue weighted by Crippen LogP contribution is -2.24. The standard InChI is InChI=1S/C7H9Br2NO2S2/c1-2-3-10-14(11,12)5-4-6(8)13-7(5)9/h4,10H,2-3H2,1H3. The smallest absolute Gasteiger partial charge is 0.211 e. The monoisotopic (exact) mass is 361 g/mol. The van der Waals surface area contributed by atoms with Gasteiger partial charge in [0.2, 0.25) is 10.0 Å². The van der Waals surface area contributed by atoms with Gasteiger partial charge in [0.25, 0.3) is 0 Å². The molecule has 1 heterocycles. The van der Waals surface area contributed by atoms with Crippen LogP contribution in [0.3, 0.4) is 0 Å². The highest BCUT2D eigenvalue weighted by Gasteiger charge is 2.19. The molecular formula is C7H9Br2NO2S2. The van der Waals surface area contributed by atoms with Crippen molar-refractivity contribution in [2.45, 2.75) is 18.2 Å². The van der Waals surface area contributed by atoms with Crippen LogP contribution in [-0.4, -0.2) is 15.0 Å². The topological polar surface area (TPSA) is 46.2 Å². The average molecular weight is 363 g/mol. The molecule has 0 spiro atoms. The third-order valence-corrected chi connectivity index (χ3v) is 5.67. The van der Waals surface area contributed by atoms with Crippen molar-refractivity contribution in [2.75, 3.05) is 6.54 Å². The second-order valence-electron chi connectivity index (χ2n) is 2.59. The number of hydrogen-bond acceptors (Lipinski definition) is 3. The van der Waals surface area contributed by atoms with Gasteiger partial charge in [-0.25, -0.2) is 13.1 Å². The summed E-state index contributed by atoms with van der Waals surface area (Å²) in [6.45, 7) is 2.38. The van der Waals surface area contributed by atoms with Gasteiger partial charge < -0.3 is 0 Å². The third-order valence-electron chi connectivity index (χ3n) is 1.46. The largest absolute Gasteiger partial charge is 0.242 e. The minimum Gasteiger partial charge on any atom is -0.211 e. The first-order valence-electron chi connectivity index (χ1n) is 3.92. The molecule has 14 heavy (non-hydrogen) atoms. The fourth-order valence-corrected chi connectivity index (χ4v) is 5.77. The lowest BCUT2D eigenvalue weighted by Gasteiger charge is -2.03. The van der Waals surface area contributed by atoms with Gasteiger partial charge in [0.05, 0.1) is 7.57 Å². The van der Waals surface area contributed by atoms with E-state index in [2.05, 4.69) is 36.6 Å². The highest BCUT2D eigenvalue weighted by Crippen LogP contribution is 2.34. The molecule has 80 valence electrons. The van der Waals surface area contributed by atoms with Crippen LogP contribution in [0.2, 0.25) is 0 Å². The SMILES string of the molecule is CCCNS(=O)(=O)c1cc(Br)sc1Br. The van der Waals surface area contributed by atoms with Crippen LogP contribution in [0.1, 0.15) is 13.3 Å². The van der Waals surface area contributed by atoms with Gasteiger partial charge in [-0.3, -0.25) is 0 Å². The van der Waals surface area contributed by atoms with E-state index in [1.54, 1.807) is 6.07 Å². The van der Waals surface area contributed by atoms with Crippen molar-refractivity contribution in [2.24, 2.45) is 0 Å². The maximum absolute atomic E-state index is 11.7. The maximum Gasteiger partial charge on any atom is 0.242 e. The molecule has 0 aliphatic carbocycles. The zero-order chi connectivity index (χ0) is 10.8. The molecule has 0 atom stereocenters. The summed E-state index contributed by atoms with van der Waals surface area (Å²) in [5, 5.41) is 0. The molecule has 0 saturated carbocycles. The summed E-state index contributed by atoms with van der Waals surface area (Å²) in [7, 11) is -3.35. The van der Waals surface area contributed by atoms with E-state index < -0.39 is 10.0 Å². The highest BCUT2D eigenvalue weighted by molar-refractivity contribution is 9.12. The van der Waals surface area contributed by atoms with E-state index >= 15 is 0 Å². The molecule has 0 aromatic carbocycles. The number of thiophene rings is 1. The van der Waals surface area contributed by atoms with Gasteiger partial charge in [-0.15, -0.1) is 11.3 Å². The molecule has 0 unspecified atom stereocenters. The van der Waals surface area contributed by atoms with Crippen molar-refractivity contribution in [3.05, 3.63) is 13.6 Å². The molecule has 0 fully saturated rings. The van der Waals surface area contributed by atoms with Crippen LogP contribution in [0.5, 0.6) is 0 Å². The number of rotatable bonds is 4. The fraction of sp³-hybridized carbons (Fsp3) is 0.429. The third kappa shape index (κ3) is 3.03.